The van der Waals surface area contributed by atoms with Crippen LogP contribution in [0, 0.1) is 13.8 Å². The number of nitrogens with zero attached hydrogens (tertiary/aromatic N) is 1. The largest absolute Gasteiger partial charge is 0.352 e. The van der Waals surface area contributed by atoms with E-state index in [0.29, 0.717) is 6.54 Å². The third kappa shape index (κ3) is 3.38. The van der Waals surface area contributed by atoms with Crippen molar-refractivity contribution in [2.75, 3.05) is 13.1 Å². The zero-order valence-corrected chi connectivity index (χ0v) is 12.4. The van der Waals surface area contributed by atoms with Crippen molar-refractivity contribution in [3.8, 4) is 0 Å². The fourth-order valence-corrected chi connectivity index (χ4v) is 2.62. The van der Waals surface area contributed by atoms with Gasteiger partial charge in [-0.15, -0.1) is 0 Å². The Balaban J connectivity index is 2.08. The number of nitrogens with one attached hydrogen (secondary N) is 1. The molecule has 0 bridgehead atoms. The smallest absolute Gasteiger partial charge is 0.253 e. The average molecular weight is 274 g/mol. The zero-order chi connectivity index (χ0) is 14.7. The summed E-state index contributed by atoms with van der Waals surface area (Å²) in [5.41, 5.74) is 3.05. The number of carbonyl (C=O) groups excluding carboxylic acids is 2. The highest BCUT2D eigenvalue weighted by molar-refractivity contribution is 5.94. The highest BCUT2D eigenvalue weighted by Gasteiger charge is 2.24. The van der Waals surface area contributed by atoms with Gasteiger partial charge in [0, 0.05) is 31.6 Å². The van der Waals surface area contributed by atoms with Gasteiger partial charge >= 0.3 is 0 Å². The molecule has 1 aliphatic heterocycles. The minimum Gasteiger partial charge on any atom is -0.352 e. The highest BCUT2D eigenvalue weighted by Crippen LogP contribution is 2.16. The number of piperidine rings is 1. The molecule has 1 N–H and O–H groups in total. The highest BCUT2D eigenvalue weighted by atomic mass is 16.2. The van der Waals surface area contributed by atoms with E-state index in [1.807, 2.05) is 36.9 Å². The van der Waals surface area contributed by atoms with Gasteiger partial charge in [0.05, 0.1) is 0 Å². The maximum Gasteiger partial charge on any atom is 0.253 e. The molecule has 1 fully saturated rings. The van der Waals surface area contributed by atoms with E-state index in [-0.39, 0.29) is 17.9 Å². The van der Waals surface area contributed by atoms with E-state index in [1.165, 1.54) is 12.5 Å². The molecule has 2 amide bonds. The van der Waals surface area contributed by atoms with Gasteiger partial charge in [0.15, 0.2) is 0 Å². The molecule has 0 aromatic heterocycles. The molecule has 4 heteroatoms. The monoisotopic (exact) mass is 274 g/mol. The quantitative estimate of drug-likeness (QED) is 0.897. The van der Waals surface area contributed by atoms with Crippen LogP contribution in [-0.4, -0.2) is 35.8 Å². The first-order valence-electron chi connectivity index (χ1n) is 7.11. The predicted molar refractivity (Wildman–Crippen MR) is 78.7 cm³/mol. The van der Waals surface area contributed by atoms with Crippen LogP contribution in [0.25, 0.3) is 0 Å². The van der Waals surface area contributed by atoms with Crippen molar-refractivity contribution >= 4 is 11.8 Å². The lowest BCUT2D eigenvalue weighted by atomic mass is 10.0. The van der Waals surface area contributed by atoms with Crippen LogP contribution in [0.2, 0.25) is 0 Å². The van der Waals surface area contributed by atoms with Gasteiger partial charge in [0.2, 0.25) is 5.91 Å². The van der Waals surface area contributed by atoms with Crippen LogP contribution in [0.4, 0.5) is 0 Å². The lowest BCUT2D eigenvalue weighted by Gasteiger charge is -2.33. The SMILES string of the molecule is CC(=O)NC1CCCN(C(=O)c2ccc(C)c(C)c2)C1. The number of benzene rings is 1. The van der Waals surface area contributed by atoms with Crippen molar-refractivity contribution in [3.05, 3.63) is 34.9 Å². The third-order valence-corrected chi connectivity index (χ3v) is 3.87. The number of rotatable bonds is 2. The molecule has 0 saturated carbocycles. The van der Waals surface area contributed by atoms with E-state index in [2.05, 4.69) is 5.32 Å². The summed E-state index contributed by atoms with van der Waals surface area (Å²) in [6.45, 7) is 6.94. The van der Waals surface area contributed by atoms with Gasteiger partial charge in [-0.2, -0.15) is 0 Å². The summed E-state index contributed by atoms with van der Waals surface area (Å²) < 4.78 is 0. The topological polar surface area (TPSA) is 49.4 Å². The fraction of sp³-hybridized carbons (Fsp3) is 0.500. The normalized spacial score (nSPS) is 18.8. The van der Waals surface area contributed by atoms with E-state index < -0.39 is 0 Å². The molecular formula is C16H22N2O2. The van der Waals surface area contributed by atoms with Crippen LogP contribution in [0.5, 0.6) is 0 Å². The Morgan fingerprint density at radius 1 is 1.25 bits per heavy atom. The van der Waals surface area contributed by atoms with E-state index in [9.17, 15) is 9.59 Å². The lowest BCUT2D eigenvalue weighted by molar-refractivity contribution is -0.120. The molecule has 1 aliphatic rings. The van der Waals surface area contributed by atoms with Crippen molar-refractivity contribution in [3.63, 3.8) is 0 Å². The van der Waals surface area contributed by atoms with Gasteiger partial charge in [-0.1, -0.05) is 6.07 Å². The Bertz CT molecular complexity index is 525. The Hall–Kier alpha value is -1.84. The van der Waals surface area contributed by atoms with Crippen LogP contribution in [-0.2, 0) is 4.79 Å². The molecule has 0 radical (unpaired) electrons. The van der Waals surface area contributed by atoms with Gasteiger partial charge in [-0.3, -0.25) is 9.59 Å². The number of hydrogen-bond donors (Lipinski definition) is 1. The minimum absolute atomic E-state index is 0.0320. The number of likely N-dealkylation sites (tertiary alicyclic amines) is 1. The van der Waals surface area contributed by atoms with Crippen LogP contribution in [0.15, 0.2) is 18.2 Å². The van der Waals surface area contributed by atoms with Gasteiger partial charge in [0.25, 0.3) is 5.91 Å². The average Bonchev–Trinajstić information content (AvgIpc) is 2.40. The number of carbonyl (C=O) groups is 2. The van der Waals surface area contributed by atoms with Gasteiger partial charge in [-0.25, -0.2) is 0 Å². The van der Waals surface area contributed by atoms with E-state index in [4.69, 9.17) is 0 Å². The molecule has 4 nitrogen and oxygen atoms in total. The first-order chi connectivity index (χ1) is 9.47. The molecular weight excluding hydrogens is 252 g/mol. The van der Waals surface area contributed by atoms with Crippen LogP contribution in [0.1, 0.15) is 41.3 Å². The van der Waals surface area contributed by atoms with Crippen molar-refractivity contribution in [2.45, 2.75) is 39.7 Å². The van der Waals surface area contributed by atoms with Crippen LogP contribution >= 0.6 is 0 Å². The number of amides is 2. The van der Waals surface area contributed by atoms with Crippen molar-refractivity contribution in [2.24, 2.45) is 0 Å². The van der Waals surface area contributed by atoms with Crippen molar-refractivity contribution in [1.82, 2.24) is 10.2 Å². The molecule has 0 spiro atoms. The second kappa shape index (κ2) is 6.07. The molecule has 2 rings (SSSR count). The molecule has 1 aromatic carbocycles. The molecule has 108 valence electrons. The zero-order valence-electron chi connectivity index (χ0n) is 12.4. The molecule has 1 saturated heterocycles. The van der Waals surface area contributed by atoms with E-state index >= 15 is 0 Å². The summed E-state index contributed by atoms with van der Waals surface area (Å²) in [5.74, 6) is 0.0265. The maximum absolute atomic E-state index is 12.5. The predicted octanol–water partition coefficient (Wildman–Crippen LogP) is 2.04. The van der Waals surface area contributed by atoms with Gasteiger partial charge in [-0.05, 0) is 49.9 Å². The molecule has 1 aromatic rings. The van der Waals surface area contributed by atoms with E-state index in [0.717, 1.165) is 30.5 Å². The lowest BCUT2D eigenvalue weighted by Crippen LogP contribution is -2.49. The summed E-state index contributed by atoms with van der Waals surface area (Å²) in [4.78, 5) is 25.5. The Morgan fingerprint density at radius 3 is 2.65 bits per heavy atom. The Labute approximate surface area is 120 Å². The van der Waals surface area contributed by atoms with Crippen molar-refractivity contribution in [1.29, 1.82) is 0 Å². The second-order valence-electron chi connectivity index (χ2n) is 5.59. The minimum atomic E-state index is -0.0320. The number of hydrogen-bond acceptors (Lipinski definition) is 2. The first kappa shape index (κ1) is 14.6. The third-order valence-electron chi connectivity index (χ3n) is 3.87. The second-order valence-corrected chi connectivity index (χ2v) is 5.59. The number of aryl methyl sites for hydroxylation is 2. The molecule has 0 aliphatic carbocycles. The molecule has 1 atom stereocenters. The van der Waals surface area contributed by atoms with Crippen LogP contribution < -0.4 is 5.32 Å². The summed E-state index contributed by atoms with van der Waals surface area (Å²) in [6, 6.07) is 5.89. The van der Waals surface area contributed by atoms with Gasteiger partial charge < -0.3 is 10.2 Å². The Kier molecular flexibility index (Phi) is 4.42. The summed E-state index contributed by atoms with van der Waals surface area (Å²) in [5, 5.41) is 2.91. The standard InChI is InChI=1S/C16H22N2O2/c1-11-6-7-14(9-12(11)2)16(20)18-8-4-5-15(10-18)17-13(3)19/h6-7,9,15H,4-5,8,10H2,1-3H3,(H,17,19). The fourth-order valence-electron chi connectivity index (χ4n) is 2.62. The first-order valence-corrected chi connectivity index (χ1v) is 7.11. The maximum atomic E-state index is 12.5. The van der Waals surface area contributed by atoms with E-state index in [1.54, 1.807) is 0 Å². The molecule has 20 heavy (non-hydrogen) atoms. The summed E-state index contributed by atoms with van der Waals surface area (Å²) in [7, 11) is 0. The van der Waals surface area contributed by atoms with Gasteiger partial charge in [0.1, 0.15) is 0 Å². The molecule has 1 unspecified atom stereocenters. The molecule has 1 heterocycles. The van der Waals surface area contributed by atoms with Crippen molar-refractivity contribution < 1.29 is 9.59 Å². The van der Waals surface area contributed by atoms with Crippen LogP contribution in [0.3, 0.4) is 0 Å². The summed E-state index contributed by atoms with van der Waals surface area (Å²) in [6.07, 6.45) is 1.87. The summed E-state index contributed by atoms with van der Waals surface area (Å²) >= 11 is 0. The Morgan fingerprint density at radius 2 is 2.00 bits per heavy atom.